The van der Waals surface area contributed by atoms with E-state index >= 15 is 0 Å². The molecular formula is C14H20N4OS. The van der Waals surface area contributed by atoms with E-state index in [1.54, 1.807) is 6.07 Å². The number of anilines is 1. The van der Waals surface area contributed by atoms with E-state index in [4.69, 9.17) is 5.26 Å². The molecule has 0 spiro atoms. The van der Waals surface area contributed by atoms with E-state index in [1.165, 1.54) is 24.2 Å². The highest BCUT2D eigenvalue weighted by atomic mass is 32.1. The molecule has 1 aliphatic heterocycles. The van der Waals surface area contributed by atoms with Crippen LogP contribution in [0.25, 0.3) is 0 Å². The highest BCUT2D eigenvalue weighted by Crippen LogP contribution is 2.22. The van der Waals surface area contributed by atoms with Crippen LogP contribution in [0.4, 0.5) is 5.00 Å². The average Bonchev–Trinajstić information content (AvgIpc) is 3.07. The average molecular weight is 292 g/mol. The van der Waals surface area contributed by atoms with Gasteiger partial charge in [-0.15, -0.1) is 11.3 Å². The molecule has 1 fully saturated rings. The first kappa shape index (κ1) is 15.0. The number of nitriles is 1. The lowest BCUT2D eigenvalue weighted by atomic mass is 10.2. The molecule has 5 nitrogen and oxygen atoms in total. The van der Waals surface area contributed by atoms with Crippen molar-refractivity contribution in [1.82, 2.24) is 10.2 Å². The van der Waals surface area contributed by atoms with Crippen LogP contribution < -0.4 is 10.6 Å². The van der Waals surface area contributed by atoms with Crippen molar-refractivity contribution in [3.05, 3.63) is 17.0 Å². The van der Waals surface area contributed by atoms with Gasteiger partial charge in [-0.05, 0) is 37.9 Å². The predicted molar refractivity (Wildman–Crippen MR) is 80.8 cm³/mol. The summed E-state index contributed by atoms with van der Waals surface area (Å²) in [6.07, 6.45) is 2.91. The van der Waals surface area contributed by atoms with Gasteiger partial charge in [0.1, 0.15) is 11.1 Å². The van der Waals surface area contributed by atoms with Crippen LogP contribution in [0.2, 0.25) is 0 Å². The summed E-state index contributed by atoms with van der Waals surface area (Å²) in [5, 5.41) is 17.6. The first-order chi connectivity index (χ1) is 9.69. The fourth-order valence-electron chi connectivity index (χ4n) is 2.36. The van der Waals surface area contributed by atoms with Crippen molar-refractivity contribution >= 4 is 22.2 Å². The topological polar surface area (TPSA) is 68.2 Å². The van der Waals surface area contributed by atoms with Crippen LogP contribution in [-0.2, 0) is 4.79 Å². The molecule has 1 unspecified atom stereocenters. The lowest BCUT2D eigenvalue weighted by Crippen LogP contribution is -2.36. The van der Waals surface area contributed by atoms with Crippen LogP contribution >= 0.6 is 11.3 Å². The monoisotopic (exact) mass is 292 g/mol. The van der Waals surface area contributed by atoms with Gasteiger partial charge in [-0.3, -0.25) is 4.79 Å². The molecule has 1 atom stereocenters. The SMILES string of the molecule is CN(CCC(=O)Nc1sccc1C#N)CC1CCCN1. The van der Waals surface area contributed by atoms with Gasteiger partial charge in [0.25, 0.3) is 0 Å². The Morgan fingerprint density at radius 2 is 2.55 bits per heavy atom. The van der Waals surface area contributed by atoms with Crippen LogP contribution in [0.15, 0.2) is 11.4 Å². The molecule has 6 heteroatoms. The molecule has 1 aromatic rings. The Morgan fingerprint density at radius 3 is 3.25 bits per heavy atom. The molecule has 0 saturated carbocycles. The second-order valence-electron chi connectivity index (χ2n) is 5.13. The van der Waals surface area contributed by atoms with Crippen molar-refractivity contribution in [2.24, 2.45) is 0 Å². The van der Waals surface area contributed by atoms with Gasteiger partial charge in [0, 0.05) is 25.6 Å². The molecule has 1 amide bonds. The number of rotatable bonds is 6. The van der Waals surface area contributed by atoms with Crippen LogP contribution in [0.1, 0.15) is 24.8 Å². The van der Waals surface area contributed by atoms with Crippen molar-refractivity contribution in [3.63, 3.8) is 0 Å². The molecule has 0 aliphatic carbocycles. The van der Waals surface area contributed by atoms with E-state index in [2.05, 4.69) is 21.6 Å². The molecule has 1 aliphatic rings. The lowest BCUT2D eigenvalue weighted by Gasteiger charge is -2.20. The fraction of sp³-hybridized carbons (Fsp3) is 0.571. The van der Waals surface area contributed by atoms with E-state index < -0.39 is 0 Å². The molecule has 108 valence electrons. The second-order valence-corrected chi connectivity index (χ2v) is 6.05. The van der Waals surface area contributed by atoms with Gasteiger partial charge >= 0.3 is 0 Å². The number of nitrogens with one attached hydrogen (secondary N) is 2. The van der Waals surface area contributed by atoms with Gasteiger partial charge in [0.05, 0.1) is 5.56 Å². The summed E-state index contributed by atoms with van der Waals surface area (Å²) in [5.74, 6) is -0.0322. The summed E-state index contributed by atoms with van der Waals surface area (Å²) in [6.45, 7) is 2.82. The van der Waals surface area contributed by atoms with Gasteiger partial charge in [-0.25, -0.2) is 0 Å². The molecule has 0 radical (unpaired) electrons. The maximum atomic E-state index is 11.9. The zero-order chi connectivity index (χ0) is 14.4. The number of hydrogen-bond acceptors (Lipinski definition) is 5. The first-order valence-electron chi connectivity index (χ1n) is 6.88. The van der Waals surface area contributed by atoms with E-state index in [-0.39, 0.29) is 5.91 Å². The van der Waals surface area contributed by atoms with E-state index in [9.17, 15) is 4.79 Å². The summed E-state index contributed by atoms with van der Waals surface area (Å²) in [6, 6.07) is 4.35. The van der Waals surface area contributed by atoms with Crippen molar-refractivity contribution in [2.75, 3.05) is 32.0 Å². The van der Waals surface area contributed by atoms with Crippen LogP contribution in [-0.4, -0.2) is 43.5 Å². The van der Waals surface area contributed by atoms with Gasteiger partial charge < -0.3 is 15.5 Å². The second kappa shape index (κ2) is 7.39. The van der Waals surface area contributed by atoms with Gasteiger partial charge in [-0.2, -0.15) is 5.26 Å². The Labute approximate surface area is 123 Å². The van der Waals surface area contributed by atoms with Crippen LogP contribution in [0, 0.1) is 11.3 Å². The highest BCUT2D eigenvalue weighted by molar-refractivity contribution is 7.14. The zero-order valence-corrected chi connectivity index (χ0v) is 12.5. The molecule has 1 saturated heterocycles. The first-order valence-corrected chi connectivity index (χ1v) is 7.76. The molecule has 1 aromatic heterocycles. The van der Waals surface area contributed by atoms with Crippen molar-refractivity contribution in [1.29, 1.82) is 5.26 Å². The molecule has 2 heterocycles. The molecule has 20 heavy (non-hydrogen) atoms. The standard InChI is InChI=1S/C14H20N4OS/c1-18(10-12-3-2-6-16-12)7-4-13(19)17-14-11(9-15)5-8-20-14/h5,8,12,16H,2-4,6-7,10H2,1H3,(H,17,19). The normalized spacial score (nSPS) is 18.1. The summed E-state index contributed by atoms with van der Waals surface area (Å²) < 4.78 is 0. The minimum absolute atomic E-state index is 0.0322. The lowest BCUT2D eigenvalue weighted by molar-refractivity contribution is -0.116. The van der Waals surface area contributed by atoms with Crippen molar-refractivity contribution < 1.29 is 4.79 Å². The highest BCUT2D eigenvalue weighted by Gasteiger charge is 2.16. The fourth-order valence-corrected chi connectivity index (χ4v) is 3.11. The third kappa shape index (κ3) is 4.30. The van der Waals surface area contributed by atoms with Gasteiger partial charge in [-0.1, -0.05) is 0 Å². The Kier molecular flexibility index (Phi) is 5.53. The molecule has 0 bridgehead atoms. The number of carbonyl (C=O) groups excluding carboxylic acids is 1. The van der Waals surface area contributed by atoms with Crippen LogP contribution in [0.5, 0.6) is 0 Å². The van der Waals surface area contributed by atoms with E-state index in [0.29, 0.717) is 23.0 Å². The number of nitrogens with zero attached hydrogens (tertiary/aromatic N) is 2. The van der Waals surface area contributed by atoms with E-state index in [0.717, 1.165) is 19.6 Å². The van der Waals surface area contributed by atoms with E-state index in [1.807, 2.05) is 12.4 Å². The summed E-state index contributed by atoms with van der Waals surface area (Å²) in [7, 11) is 2.04. The minimum atomic E-state index is -0.0322. The summed E-state index contributed by atoms with van der Waals surface area (Å²) >= 11 is 1.38. The molecule has 2 rings (SSSR count). The molecule has 2 N–H and O–H groups in total. The zero-order valence-electron chi connectivity index (χ0n) is 11.7. The quantitative estimate of drug-likeness (QED) is 0.836. The number of likely N-dealkylation sites (N-methyl/N-ethyl adjacent to an activating group) is 1. The van der Waals surface area contributed by atoms with Crippen LogP contribution in [0.3, 0.4) is 0 Å². The van der Waals surface area contributed by atoms with Crippen molar-refractivity contribution in [2.45, 2.75) is 25.3 Å². The largest absolute Gasteiger partial charge is 0.317 e. The third-order valence-electron chi connectivity index (χ3n) is 3.45. The van der Waals surface area contributed by atoms with Crippen molar-refractivity contribution in [3.8, 4) is 6.07 Å². The number of hydrogen-bond donors (Lipinski definition) is 2. The Morgan fingerprint density at radius 1 is 1.70 bits per heavy atom. The smallest absolute Gasteiger partial charge is 0.226 e. The summed E-state index contributed by atoms with van der Waals surface area (Å²) in [5.41, 5.74) is 0.534. The third-order valence-corrected chi connectivity index (χ3v) is 4.28. The summed E-state index contributed by atoms with van der Waals surface area (Å²) in [4.78, 5) is 14.0. The number of amides is 1. The number of carbonyl (C=O) groups is 1. The maximum absolute atomic E-state index is 11.9. The predicted octanol–water partition coefficient (Wildman–Crippen LogP) is 1.63. The number of thiophene rings is 1. The Bertz CT molecular complexity index is 488. The molecule has 0 aromatic carbocycles. The van der Waals surface area contributed by atoms with Gasteiger partial charge in [0.2, 0.25) is 5.91 Å². The maximum Gasteiger partial charge on any atom is 0.226 e. The Balaban J connectivity index is 1.70. The minimum Gasteiger partial charge on any atom is -0.317 e. The van der Waals surface area contributed by atoms with Gasteiger partial charge in [0.15, 0.2) is 0 Å². The Hall–Kier alpha value is -1.42. The molecular weight excluding hydrogens is 272 g/mol.